The fourth-order valence-corrected chi connectivity index (χ4v) is 2.34. The van der Waals surface area contributed by atoms with Gasteiger partial charge in [-0.3, -0.25) is 4.79 Å². The molecule has 0 bridgehead atoms. The van der Waals surface area contributed by atoms with Gasteiger partial charge in [0, 0.05) is 25.6 Å². The summed E-state index contributed by atoms with van der Waals surface area (Å²) in [5.41, 5.74) is 0. The van der Waals surface area contributed by atoms with Crippen LogP contribution in [-0.2, 0) is 4.79 Å². The summed E-state index contributed by atoms with van der Waals surface area (Å²) >= 11 is 0. The number of carboxylic acids is 1. The van der Waals surface area contributed by atoms with E-state index in [-0.39, 0.29) is 18.5 Å². The molecule has 1 rings (SSSR count). The van der Waals surface area contributed by atoms with Gasteiger partial charge in [0.05, 0.1) is 0 Å². The van der Waals surface area contributed by atoms with Crippen LogP contribution in [0.25, 0.3) is 0 Å². The lowest BCUT2D eigenvalue weighted by molar-refractivity contribution is -0.137. The van der Waals surface area contributed by atoms with Crippen LogP contribution >= 0.6 is 0 Å². The van der Waals surface area contributed by atoms with Crippen LogP contribution in [0.2, 0.25) is 0 Å². The molecule has 0 spiro atoms. The third-order valence-electron chi connectivity index (χ3n) is 3.65. The highest BCUT2D eigenvalue weighted by Crippen LogP contribution is 2.21. The summed E-state index contributed by atoms with van der Waals surface area (Å²) in [6, 6.07) is 0.247. The Hall–Kier alpha value is -1.26. The number of aliphatic carboxylic acids is 1. The molecule has 18 heavy (non-hydrogen) atoms. The van der Waals surface area contributed by atoms with Crippen molar-refractivity contribution in [3.05, 3.63) is 0 Å². The Balaban J connectivity index is 2.32. The number of rotatable bonds is 6. The highest BCUT2D eigenvalue weighted by atomic mass is 16.4. The maximum atomic E-state index is 12.0. The molecule has 5 heteroatoms. The van der Waals surface area contributed by atoms with E-state index in [2.05, 4.69) is 19.2 Å². The maximum absolute atomic E-state index is 12.0. The Morgan fingerprint density at radius 3 is 2.61 bits per heavy atom. The number of likely N-dealkylation sites (tertiary alicyclic amines) is 1. The van der Waals surface area contributed by atoms with E-state index in [1.54, 1.807) is 0 Å². The van der Waals surface area contributed by atoms with E-state index in [1.807, 2.05) is 4.90 Å². The molecule has 2 amide bonds. The number of hydrogen-bond acceptors (Lipinski definition) is 2. The van der Waals surface area contributed by atoms with Gasteiger partial charge in [-0.1, -0.05) is 13.8 Å². The molecule has 0 aromatic carbocycles. The molecule has 0 aliphatic carbocycles. The van der Waals surface area contributed by atoms with Crippen LogP contribution in [0.5, 0.6) is 0 Å². The second kappa shape index (κ2) is 7.24. The lowest BCUT2D eigenvalue weighted by atomic mass is 10.0. The summed E-state index contributed by atoms with van der Waals surface area (Å²) in [6.07, 6.45) is 3.68. The van der Waals surface area contributed by atoms with Crippen molar-refractivity contribution >= 4 is 12.0 Å². The van der Waals surface area contributed by atoms with E-state index in [0.29, 0.717) is 18.9 Å². The van der Waals surface area contributed by atoms with E-state index in [4.69, 9.17) is 5.11 Å². The van der Waals surface area contributed by atoms with E-state index in [0.717, 1.165) is 25.8 Å². The second-order valence-electron chi connectivity index (χ2n) is 5.00. The molecule has 1 fully saturated rings. The number of hydrogen-bond donors (Lipinski definition) is 2. The van der Waals surface area contributed by atoms with Gasteiger partial charge in [-0.05, 0) is 31.6 Å². The van der Waals surface area contributed by atoms with Crippen molar-refractivity contribution in [2.24, 2.45) is 5.92 Å². The van der Waals surface area contributed by atoms with Crippen molar-refractivity contribution in [1.82, 2.24) is 10.2 Å². The summed E-state index contributed by atoms with van der Waals surface area (Å²) in [7, 11) is 0. The van der Waals surface area contributed by atoms with Gasteiger partial charge in [0.1, 0.15) is 0 Å². The van der Waals surface area contributed by atoms with Gasteiger partial charge in [0.25, 0.3) is 0 Å². The lowest BCUT2D eigenvalue weighted by Crippen LogP contribution is -2.43. The predicted octanol–water partition coefficient (Wildman–Crippen LogP) is 2.07. The molecule has 2 N–H and O–H groups in total. The first-order valence-electron chi connectivity index (χ1n) is 6.84. The SMILES string of the molecule is CCC(CC)NC(=O)N1CCC(CCC(=O)O)C1. The van der Waals surface area contributed by atoms with Crippen molar-refractivity contribution in [3.63, 3.8) is 0 Å². The van der Waals surface area contributed by atoms with E-state index in [9.17, 15) is 9.59 Å². The summed E-state index contributed by atoms with van der Waals surface area (Å²) in [4.78, 5) is 24.3. The van der Waals surface area contributed by atoms with Crippen LogP contribution < -0.4 is 5.32 Å². The lowest BCUT2D eigenvalue weighted by Gasteiger charge is -2.21. The molecule has 1 aliphatic rings. The molecule has 0 aromatic rings. The van der Waals surface area contributed by atoms with Gasteiger partial charge in [-0.25, -0.2) is 4.79 Å². The second-order valence-corrected chi connectivity index (χ2v) is 5.00. The van der Waals surface area contributed by atoms with Gasteiger partial charge in [-0.15, -0.1) is 0 Å². The number of nitrogens with zero attached hydrogens (tertiary/aromatic N) is 1. The summed E-state index contributed by atoms with van der Waals surface area (Å²) in [6.45, 7) is 5.57. The molecule has 1 atom stereocenters. The molecule has 1 heterocycles. The van der Waals surface area contributed by atoms with Gasteiger partial charge in [0.15, 0.2) is 0 Å². The molecular weight excluding hydrogens is 232 g/mol. The van der Waals surface area contributed by atoms with E-state index >= 15 is 0 Å². The Kier molecular flexibility index (Phi) is 5.95. The van der Waals surface area contributed by atoms with Crippen molar-refractivity contribution < 1.29 is 14.7 Å². The Morgan fingerprint density at radius 2 is 2.06 bits per heavy atom. The molecule has 0 aromatic heterocycles. The highest BCUT2D eigenvalue weighted by Gasteiger charge is 2.27. The predicted molar refractivity (Wildman–Crippen MR) is 69.5 cm³/mol. The number of carbonyl (C=O) groups is 2. The fourth-order valence-electron chi connectivity index (χ4n) is 2.34. The normalized spacial score (nSPS) is 19.3. The molecule has 1 unspecified atom stereocenters. The van der Waals surface area contributed by atoms with Crippen LogP contribution in [0, 0.1) is 5.92 Å². The van der Waals surface area contributed by atoms with E-state index in [1.165, 1.54) is 0 Å². The molecule has 104 valence electrons. The topological polar surface area (TPSA) is 69.6 Å². The number of carbonyl (C=O) groups excluding carboxylic acids is 1. The summed E-state index contributed by atoms with van der Waals surface area (Å²) < 4.78 is 0. The molecule has 0 saturated carbocycles. The highest BCUT2D eigenvalue weighted by molar-refractivity contribution is 5.74. The van der Waals surface area contributed by atoms with Gasteiger partial charge in [0.2, 0.25) is 0 Å². The van der Waals surface area contributed by atoms with Gasteiger partial charge < -0.3 is 15.3 Å². The number of amides is 2. The molecule has 1 aliphatic heterocycles. The molecule has 1 saturated heterocycles. The van der Waals surface area contributed by atoms with Crippen LogP contribution in [0.1, 0.15) is 46.0 Å². The quantitative estimate of drug-likeness (QED) is 0.764. The molecule has 0 radical (unpaired) electrons. The zero-order valence-electron chi connectivity index (χ0n) is 11.3. The first kappa shape index (κ1) is 14.8. The Morgan fingerprint density at radius 1 is 1.39 bits per heavy atom. The number of urea groups is 1. The number of nitrogens with one attached hydrogen (secondary N) is 1. The standard InChI is InChI=1S/C13H24N2O3/c1-3-11(4-2)14-13(18)15-8-7-10(9-15)5-6-12(16)17/h10-11H,3-9H2,1-2H3,(H,14,18)(H,16,17). The van der Waals surface area contributed by atoms with E-state index < -0.39 is 5.97 Å². The minimum absolute atomic E-state index is 0.00141. The number of carboxylic acid groups (broad SMARTS) is 1. The summed E-state index contributed by atoms with van der Waals surface area (Å²) in [5.74, 6) is -0.413. The third-order valence-corrected chi connectivity index (χ3v) is 3.65. The van der Waals surface area contributed by atoms with Crippen LogP contribution in [0.15, 0.2) is 0 Å². The van der Waals surface area contributed by atoms with Crippen molar-refractivity contribution in [1.29, 1.82) is 0 Å². The van der Waals surface area contributed by atoms with Crippen LogP contribution in [-0.4, -0.2) is 41.1 Å². The Bertz CT molecular complexity index is 290. The first-order valence-corrected chi connectivity index (χ1v) is 6.84. The van der Waals surface area contributed by atoms with Gasteiger partial charge >= 0.3 is 12.0 Å². The third kappa shape index (κ3) is 4.55. The first-order chi connectivity index (χ1) is 8.56. The van der Waals surface area contributed by atoms with Crippen LogP contribution in [0.4, 0.5) is 4.79 Å². The van der Waals surface area contributed by atoms with Crippen molar-refractivity contribution in [2.45, 2.75) is 52.0 Å². The molecular formula is C13H24N2O3. The van der Waals surface area contributed by atoms with Crippen molar-refractivity contribution in [3.8, 4) is 0 Å². The maximum Gasteiger partial charge on any atom is 0.317 e. The minimum atomic E-state index is -0.755. The zero-order valence-corrected chi connectivity index (χ0v) is 11.3. The van der Waals surface area contributed by atoms with Gasteiger partial charge in [-0.2, -0.15) is 0 Å². The Labute approximate surface area is 109 Å². The molecule has 5 nitrogen and oxygen atoms in total. The average molecular weight is 256 g/mol. The monoisotopic (exact) mass is 256 g/mol. The average Bonchev–Trinajstić information content (AvgIpc) is 2.82. The fraction of sp³-hybridized carbons (Fsp3) is 0.846. The smallest absolute Gasteiger partial charge is 0.317 e. The van der Waals surface area contributed by atoms with Crippen molar-refractivity contribution in [2.75, 3.05) is 13.1 Å². The minimum Gasteiger partial charge on any atom is -0.481 e. The largest absolute Gasteiger partial charge is 0.481 e. The van der Waals surface area contributed by atoms with Crippen LogP contribution in [0.3, 0.4) is 0 Å². The zero-order chi connectivity index (χ0) is 13.5. The summed E-state index contributed by atoms with van der Waals surface area (Å²) in [5, 5.41) is 11.7.